The van der Waals surface area contributed by atoms with Crippen LogP contribution < -0.4 is 0 Å². The minimum atomic E-state index is -3.07. The van der Waals surface area contributed by atoms with Crippen molar-refractivity contribution in [1.29, 1.82) is 0 Å². The molecule has 1 aliphatic carbocycles. The van der Waals surface area contributed by atoms with Crippen LogP contribution in [-0.2, 0) is 16.1 Å². The number of carbonyl (C=O) groups is 1. The normalized spacial score (nSPS) is 17.6. The van der Waals surface area contributed by atoms with Crippen molar-refractivity contribution in [2.45, 2.75) is 37.5 Å². The molecule has 1 saturated carbocycles. The molecule has 0 aromatic heterocycles. The molecule has 98 valence electrons. The highest BCUT2D eigenvalue weighted by atomic mass is 35.5. The lowest BCUT2D eigenvalue weighted by Crippen LogP contribution is -2.20. The summed E-state index contributed by atoms with van der Waals surface area (Å²) in [5, 5.41) is 8.89. The molecule has 0 unspecified atom stereocenters. The molecule has 1 aliphatic rings. The molecule has 0 radical (unpaired) electrons. The van der Waals surface area contributed by atoms with Crippen LogP contribution in [0.1, 0.15) is 37.3 Å². The molecule has 0 amide bonds. The molecular formula is C13H13ClF2O2. The molecule has 5 heteroatoms. The molecule has 0 aliphatic heterocycles. The third kappa shape index (κ3) is 2.34. The van der Waals surface area contributed by atoms with E-state index in [1.54, 1.807) is 12.1 Å². The first kappa shape index (κ1) is 13.3. The van der Waals surface area contributed by atoms with E-state index in [0.717, 1.165) is 6.92 Å². The number of hydrogen-bond donors (Lipinski definition) is 1. The number of rotatable bonds is 4. The van der Waals surface area contributed by atoms with Crippen molar-refractivity contribution in [2.24, 2.45) is 0 Å². The first-order chi connectivity index (χ1) is 8.26. The summed E-state index contributed by atoms with van der Waals surface area (Å²) in [4.78, 5) is 10.9. The van der Waals surface area contributed by atoms with E-state index in [0.29, 0.717) is 18.4 Å². The lowest BCUT2D eigenvalue weighted by atomic mass is 9.86. The molecule has 1 aromatic carbocycles. The first-order valence-corrected chi connectivity index (χ1v) is 6.03. The number of carboxylic acids is 1. The molecule has 1 fully saturated rings. The maximum Gasteiger partial charge on any atom is 0.304 e. The zero-order valence-electron chi connectivity index (χ0n) is 9.84. The molecule has 0 atom stereocenters. The molecule has 0 spiro atoms. The van der Waals surface area contributed by atoms with Crippen LogP contribution in [0.5, 0.6) is 0 Å². The Morgan fingerprint density at radius 2 is 2.11 bits per heavy atom. The van der Waals surface area contributed by atoms with Crippen LogP contribution in [0.4, 0.5) is 8.78 Å². The number of halogens is 3. The summed E-state index contributed by atoms with van der Waals surface area (Å²) >= 11 is 5.86. The van der Waals surface area contributed by atoms with E-state index in [9.17, 15) is 13.6 Å². The van der Waals surface area contributed by atoms with E-state index >= 15 is 0 Å². The Kier molecular flexibility index (Phi) is 3.09. The number of carboxylic acid groups (broad SMARTS) is 1. The minimum Gasteiger partial charge on any atom is -0.481 e. The Balaban J connectivity index is 2.52. The van der Waals surface area contributed by atoms with Gasteiger partial charge in [0.25, 0.3) is 5.92 Å². The number of hydrogen-bond acceptors (Lipinski definition) is 1. The van der Waals surface area contributed by atoms with Gasteiger partial charge in [0.05, 0.1) is 11.4 Å². The van der Waals surface area contributed by atoms with Crippen molar-refractivity contribution in [2.75, 3.05) is 0 Å². The van der Waals surface area contributed by atoms with Gasteiger partial charge in [0.15, 0.2) is 0 Å². The lowest BCUT2D eigenvalue weighted by Gasteiger charge is -2.22. The van der Waals surface area contributed by atoms with Crippen LogP contribution >= 0.6 is 11.6 Å². The van der Waals surface area contributed by atoms with Crippen molar-refractivity contribution in [3.8, 4) is 0 Å². The smallest absolute Gasteiger partial charge is 0.304 e. The number of benzene rings is 1. The van der Waals surface area contributed by atoms with Gasteiger partial charge in [-0.15, -0.1) is 0 Å². The van der Waals surface area contributed by atoms with Gasteiger partial charge in [-0.1, -0.05) is 23.7 Å². The zero-order chi connectivity index (χ0) is 13.6. The van der Waals surface area contributed by atoms with Gasteiger partial charge < -0.3 is 5.11 Å². The van der Waals surface area contributed by atoms with Gasteiger partial charge in [-0.3, -0.25) is 4.79 Å². The number of aliphatic carboxylic acids is 1. The highest BCUT2D eigenvalue weighted by Crippen LogP contribution is 2.55. The maximum absolute atomic E-state index is 13.6. The SMILES string of the molecule is CC(F)(F)c1c(Cl)cccc1C1(CC(=O)O)CC1. The van der Waals surface area contributed by atoms with E-state index in [-0.39, 0.29) is 17.0 Å². The summed E-state index contributed by atoms with van der Waals surface area (Å²) in [6.07, 6.45) is 1.10. The summed E-state index contributed by atoms with van der Waals surface area (Å²) in [7, 11) is 0. The zero-order valence-corrected chi connectivity index (χ0v) is 10.6. The minimum absolute atomic E-state index is 0.00309. The summed E-state index contributed by atoms with van der Waals surface area (Å²) in [5.41, 5.74) is -0.513. The molecular weight excluding hydrogens is 262 g/mol. The standard InChI is InChI=1S/C13H13ClF2O2/c1-12(15,16)11-8(3-2-4-9(11)14)13(5-6-13)7-10(17)18/h2-4H,5-7H2,1H3,(H,17,18). The van der Waals surface area contributed by atoms with Crippen molar-refractivity contribution in [3.63, 3.8) is 0 Å². The summed E-state index contributed by atoms with van der Waals surface area (Å²) < 4.78 is 27.3. The fourth-order valence-electron chi connectivity index (χ4n) is 2.39. The monoisotopic (exact) mass is 274 g/mol. The molecule has 1 aromatic rings. The molecule has 0 bridgehead atoms. The second-order valence-electron chi connectivity index (χ2n) is 4.90. The molecule has 2 rings (SSSR count). The molecule has 18 heavy (non-hydrogen) atoms. The molecule has 0 saturated heterocycles. The molecule has 2 nitrogen and oxygen atoms in total. The van der Waals surface area contributed by atoms with Crippen LogP contribution in [0.15, 0.2) is 18.2 Å². The third-order valence-electron chi connectivity index (χ3n) is 3.37. The summed E-state index contributed by atoms with van der Waals surface area (Å²) in [6, 6.07) is 4.57. The van der Waals surface area contributed by atoms with Gasteiger partial charge in [-0.2, -0.15) is 0 Å². The van der Waals surface area contributed by atoms with Crippen LogP contribution in [0.2, 0.25) is 5.02 Å². The topological polar surface area (TPSA) is 37.3 Å². The third-order valence-corrected chi connectivity index (χ3v) is 3.68. The number of alkyl halides is 2. The Labute approximate surface area is 109 Å². The van der Waals surface area contributed by atoms with E-state index in [2.05, 4.69) is 0 Å². The quantitative estimate of drug-likeness (QED) is 0.902. The average molecular weight is 275 g/mol. The largest absolute Gasteiger partial charge is 0.481 e. The van der Waals surface area contributed by atoms with Gasteiger partial charge in [0, 0.05) is 17.9 Å². The average Bonchev–Trinajstić information content (AvgIpc) is 2.95. The lowest BCUT2D eigenvalue weighted by molar-refractivity contribution is -0.137. The Bertz CT molecular complexity index is 490. The van der Waals surface area contributed by atoms with Gasteiger partial charge in [-0.25, -0.2) is 8.78 Å². The van der Waals surface area contributed by atoms with Crippen molar-refractivity contribution < 1.29 is 18.7 Å². The van der Waals surface area contributed by atoms with Gasteiger partial charge >= 0.3 is 5.97 Å². The second-order valence-corrected chi connectivity index (χ2v) is 5.31. The van der Waals surface area contributed by atoms with E-state index in [4.69, 9.17) is 16.7 Å². The predicted octanol–water partition coefficient (Wildman–Crippen LogP) is 3.96. The first-order valence-electron chi connectivity index (χ1n) is 5.65. The maximum atomic E-state index is 13.6. The predicted molar refractivity (Wildman–Crippen MR) is 64.2 cm³/mol. The van der Waals surface area contributed by atoms with Gasteiger partial charge in [0.1, 0.15) is 0 Å². The highest BCUT2D eigenvalue weighted by molar-refractivity contribution is 6.31. The van der Waals surface area contributed by atoms with Crippen LogP contribution in [-0.4, -0.2) is 11.1 Å². The Morgan fingerprint density at radius 3 is 2.56 bits per heavy atom. The summed E-state index contributed by atoms with van der Waals surface area (Å²) in [6.45, 7) is 0.786. The van der Waals surface area contributed by atoms with Crippen LogP contribution in [0, 0.1) is 0 Å². The fraction of sp³-hybridized carbons (Fsp3) is 0.462. The van der Waals surface area contributed by atoms with Crippen molar-refractivity contribution >= 4 is 17.6 Å². The summed E-state index contributed by atoms with van der Waals surface area (Å²) in [5.74, 6) is -4.04. The van der Waals surface area contributed by atoms with Crippen LogP contribution in [0.3, 0.4) is 0 Å². The Morgan fingerprint density at radius 1 is 1.50 bits per heavy atom. The van der Waals surface area contributed by atoms with Gasteiger partial charge in [-0.05, 0) is 24.5 Å². The second kappa shape index (κ2) is 4.19. The van der Waals surface area contributed by atoms with E-state index in [1.807, 2.05) is 0 Å². The van der Waals surface area contributed by atoms with Crippen molar-refractivity contribution in [3.05, 3.63) is 34.3 Å². The molecule has 1 N–H and O–H groups in total. The van der Waals surface area contributed by atoms with Gasteiger partial charge in [0.2, 0.25) is 0 Å². The molecule has 0 heterocycles. The van der Waals surface area contributed by atoms with Crippen LogP contribution in [0.25, 0.3) is 0 Å². The fourth-order valence-corrected chi connectivity index (χ4v) is 2.73. The highest BCUT2D eigenvalue weighted by Gasteiger charge is 2.49. The Hall–Kier alpha value is -1.16. The van der Waals surface area contributed by atoms with Crippen molar-refractivity contribution in [1.82, 2.24) is 0 Å². The van der Waals surface area contributed by atoms with E-state index in [1.165, 1.54) is 6.07 Å². The van der Waals surface area contributed by atoms with E-state index < -0.39 is 17.3 Å².